The van der Waals surface area contributed by atoms with Crippen LogP contribution in [0.3, 0.4) is 0 Å². The Morgan fingerprint density at radius 2 is 1.74 bits per heavy atom. The second kappa shape index (κ2) is 10.8. The average molecular weight is 489 g/mol. The highest BCUT2D eigenvalue weighted by atomic mass is 32.1. The highest BCUT2D eigenvalue weighted by Gasteiger charge is 2.20. The summed E-state index contributed by atoms with van der Waals surface area (Å²) in [5.74, 6) is 2.16. The fourth-order valence-corrected chi connectivity index (χ4v) is 5.12. The van der Waals surface area contributed by atoms with Crippen molar-refractivity contribution in [3.05, 3.63) is 78.4 Å². The third-order valence-electron chi connectivity index (χ3n) is 6.02. The van der Waals surface area contributed by atoms with Crippen LogP contribution in [0.2, 0.25) is 0 Å². The molecular formula is C27H28N4O3S. The lowest BCUT2D eigenvalue weighted by atomic mass is 10.2. The number of thiazole rings is 1. The Morgan fingerprint density at radius 1 is 0.943 bits per heavy atom. The van der Waals surface area contributed by atoms with Gasteiger partial charge in [-0.1, -0.05) is 35.6 Å². The molecule has 7 nitrogen and oxygen atoms in total. The summed E-state index contributed by atoms with van der Waals surface area (Å²) < 4.78 is 12.3. The lowest BCUT2D eigenvalue weighted by Crippen LogP contribution is -2.48. The molecule has 5 rings (SSSR count). The first-order valence-electron chi connectivity index (χ1n) is 11.7. The van der Waals surface area contributed by atoms with Crippen LogP contribution in [0.5, 0.6) is 17.2 Å². The van der Waals surface area contributed by atoms with Gasteiger partial charge in [0, 0.05) is 44.8 Å². The van der Waals surface area contributed by atoms with Crippen molar-refractivity contribution in [3.63, 3.8) is 0 Å². The van der Waals surface area contributed by atoms with E-state index >= 15 is 0 Å². The molecule has 0 bridgehead atoms. The zero-order valence-corrected chi connectivity index (χ0v) is 20.5. The molecule has 180 valence electrons. The number of ether oxygens (including phenoxy) is 2. The molecule has 2 heterocycles. The summed E-state index contributed by atoms with van der Waals surface area (Å²) in [6.45, 7) is 5.14. The minimum absolute atomic E-state index is 0.0907. The van der Waals surface area contributed by atoms with Gasteiger partial charge in [0.15, 0.2) is 5.13 Å². The maximum absolute atomic E-state index is 12.6. The van der Waals surface area contributed by atoms with Gasteiger partial charge in [-0.25, -0.2) is 4.98 Å². The van der Waals surface area contributed by atoms with Crippen LogP contribution in [0, 0.1) is 0 Å². The number of nitrogens with zero attached hydrogens (tertiary/aromatic N) is 3. The van der Waals surface area contributed by atoms with Crippen molar-refractivity contribution >= 4 is 32.6 Å². The highest BCUT2D eigenvalue weighted by molar-refractivity contribution is 7.22. The third kappa shape index (κ3) is 5.72. The van der Waals surface area contributed by atoms with Crippen LogP contribution in [0.4, 0.5) is 5.13 Å². The van der Waals surface area contributed by atoms with Crippen LogP contribution in [0.1, 0.15) is 10.4 Å². The van der Waals surface area contributed by atoms with E-state index in [1.54, 1.807) is 30.6 Å². The Morgan fingerprint density at radius 3 is 2.54 bits per heavy atom. The maximum atomic E-state index is 12.6. The first kappa shape index (κ1) is 23.1. The normalized spacial score (nSPS) is 14.1. The second-order valence-corrected chi connectivity index (χ2v) is 9.37. The second-order valence-electron chi connectivity index (χ2n) is 8.36. The third-order valence-corrected chi connectivity index (χ3v) is 7.09. The number of carbonyl (C=O) groups is 1. The van der Waals surface area contributed by atoms with Gasteiger partial charge in [-0.15, -0.1) is 0 Å². The molecule has 1 fully saturated rings. The van der Waals surface area contributed by atoms with Gasteiger partial charge < -0.3 is 19.7 Å². The van der Waals surface area contributed by atoms with Crippen molar-refractivity contribution in [2.45, 2.75) is 0 Å². The zero-order chi connectivity index (χ0) is 24.0. The zero-order valence-electron chi connectivity index (χ0n) is 19.6. The number of para-hydroxylation sites is 1. The minimum Gasteiger partial charge on any atom is -0.497 e. The van der Waals surface area contributed by atoms with Crippen LogP contribution >= 0.6 is 11.3 Å². The number of anilines is 1. The van der Waals surface area contributed by atoms with Crippen LogP contribution in [0.15, 0.2) is 72.8 Å². The number of aromatic nitrogens is 1. The topological polar surface area (TPSA) is 66.9 Å². The summed E-state index contributed by atoms with van der Waals surface area (Å²) in [6, 6.07) is 22.8. The Hall–Kier alpha value is -3.62. The van der Waals surface area contributed by atoms with E-state index in [9.17, 15) is 4.79 Å². The Labute approximate surface area is 208 Å². The summed E-state index contributed by atoms with van der Waals surface area (Å²) >= 11 is 1.70. The number of nitrogens with one attached hydrogen (secondary N) is 1. The van der Waals surface area contributed by atoms with E-state index in [0.29, 0.717) is 17.9 Å². The molecule has 1 aliphatic heterocycles. The van der Waals surface area contributed by atoms with Gasteiger partial charge in [-0.2, -0.15) is 0 Å². The van der Waals surface area contributed by atoms with Crippen LogP contribution in [-0.4, -0.2) is 62.2 Å². The predicted octanol–water partition coefficient (Wildman–Crippen LogP) is 4.65. The van der Waals surface area contributed by atoms with Gasteiger partial charge in [0.2, 0.25) is 0 Å². The number of carbonyl (C=O) groups excluding carboxylic acids is 1. The molecule has 4 aromatic rings. The van der Waals surface area contributed by atoms with E-state index in [2.05, 4.69) is 15.1 Å². The van der Waals surface area contributed by atoms with Crippen LogP contribution in [0.25, 0.3) is 10.2 Å². The first-order valence-corrected chi connectivity index (χ1v) is 12.5. The number of rotatable bonds is 8. The number of fused-ring (bicyclic) bond motifs is 1. The summed E-state index contributed by atoms with van der Waals surface area (Å²) in [5, 5.41) is 4.09. The van der Waals surface area contributed by atoms with Crippen molar-refractivity contribution in [2.75, 3.05) is 51.3 Å². The molecule has 1 saturated heterocycles. The summed E-state index contributed by atoms with van der Waals surface area (Å²) in [5.41, 5.74) is 1.60. The number of methoxy groups -OCH3 is 1. The fourth-order valence-electron chi connectivity index (χ4n) is 4.07. The van der Waals surface area contributed by atoms with E-state index in [0.717, 1.165) is 59.6 Å². The molecule has 0 atom stereocenters. The van der Waals surface area contributed by atoms with Crippen molar-refractivity contribution in [1.29, 1.82) is 0 Å². The van der Waals surface area contributed by atoms with E-state index in [4.69, 9.17) is 14.5 Å². The molecule has 0 spiro atoms. The molecule has 35 heavy (non-hydrogen) atoms. The molecule has 8 heteroatoms. The SMILES string of the molecule is COc1ccc2nc(N3CCN(CCNC(=O)c4cccc(Oc5ccccc5)c4)CC3)sc2c1. The largest absolute Gasteiger partial charge is 0.497 e. The van der Waals surface area contributed by atoms with Crippen molar-refractivity contribution in [2.24, 2.45) is 0 Å². The van der Waals surface area contributed by atoms with Gasteiger partial charge >= 0.3 is 0 Å². The van der Waals surface area contributed by atoms with Crippen molar-refractivity contribution < 1.29 is 14.3 Å². The van der Waals surface area contributed by atoms with Crippen LogP contribution < -0.4 is 19.7 Å². The van der Waals surface area contributed by atoms with Crippen molar-refractivity contribution in [1.82, 2.24) is 15.2 Å². The lowest BCUT2D eigenvalue weighted by Gasteiger charge is -2.34. The maximum Gasteiger partial charge on any atom is 0.251 e. The van der Waals surface area contributed by atoms with Crippen LogP contribution in [-0.2, 0) is 0 Å². The quantitative estimate of drug-likeness (QED) is 0.390. The summed E-state index contributed by atoms with van der Waals surface area (Å²) in [7, 11) is 1.68. The van der Waals surface area contributed by atoms with Gasteiger partial charge in [0.1, 0.15) is 17.2 Å². The standard InChI is InChI=1S/C27H28N4O3S/c1-33-22-10-11-24-25(19-22)35-27(29-24)31-16-14-30(15-17-31)13-12-28-26(32)20-6-5-9-23(18-20)34-21-7-3-2-4-8-21/h2-11,18-19H,12-17H2,1H3,(H,28,32). The van der Waals surface area contributed by atoms with E-state index in [1.807, 2.05) is 60.7 Å². The molecule has 0 unspecified atom stereocenters. The van der Waals surface area contributed by atoms with Gasteiger partial charge in [0.25, 0.3) is 5.91 Å². The fraction of sp³-hybridized carbons (Fsp3) is 0.259. The Balaban J connectivity index is 1.08. The molecule has 1 amide bonds. The molecule has 1 aromatic heterocycles. The molecule has 1 N–H and O–H groups in total. The molecule has 0 aliphatic carbocycles. The average Bonchev–Trinajstić information content (AvgIpc) is 3.33. The van der Waals surface area contributed by atoms with E-state index in [1.165, 1.54) is 0 Å². The van der Waals surface area contributed by atoms with Crippen molar-refractivity contribution in [3.8, 4) is 17.2 Å². The molecule has 0 radical (unpaired) electrons. The smallest absolute Gasteiger partial charge is 0.251 e. The van der Waals surface area contributed by atoms with Gasteiger partial charge in [0.05, 0.1) is 17.3 Å². The number of benzene rings is 3. The monoisotopic (exact) mass is 488 g/mol. The number of hydrogen-bond donors (Lipinski definition) is 1. The summed E-state index contributed by atoms with van der Waals surface area (Å²) in [6.07, 6.45) is 0. The number of piperazine rings is 1. The highest BCUT2D eigenvalue weighted by Crippen LogP contribution is 2.31. The van der Waals surface area contributed by atoms with E-state index < -0.39 is 0 Å². The summed E-state index contributed by atoms with van der Waals surface area (Å²) in [4.78, 5) is 22.2. The minimum atomic E-state index is -0.0907. The predicted molar refractivity (Wildman–Crippen MR) is 140 cm³/mol. The number of hydrogen-bond acceptors (Lipinski definition) is 7. The number of amides is 1. The van der Waals surface area contributed by atoms with Gasteiger partial charge in [-0.05, 0) is 48.5 Å². The Bertz CT molecular complexity index is 1290. The molecule has 1 aliphatic rings. The van der Waals surface area contributed by atoms with E-state index in [-0.39, 0.29) is 5.91 Å². The molecular weight excluding hydrogens is 460 g/mol. The lowest BCUT2D eigenvalue weighted by molar-refractivity contribution is 0.0947. The molecule has 3 aromatic carbocycles. The first-order chi connectivity index (χ1) is 17.2. The van der Waals surface area contributed by atoms with Gasteiger partial charge in [-0.3, -0.25) is 9.69 Å². The Kier molecular flexibility index (Phi) is 7.11. The molecule has 0 saturated carbocycles.